The Kier molecular flexibility index (Phi) is 5.06. The van der Waals surface area contributed by atoms with Crippen LogP contribution >= 0.6 is 11.6 Å². The molecule has 0 bridgehead atoms. The fourth-order valence-corrected chi connectivity index (χ4v) is 1.79. The van der Waals surface area contributed by atoms with Crippen LogP contribution in [0, 0.1) is 0 Å². The van der Waals surface area contributed by atoms with Gasteiger partial charge in [0.2, 0.25) is 5.91 Å². The maximum Gasteiger partial charge on any atom is 0.243 e. The van der Waals surface area contributed by atoms with Crippen molar-refractivity contribution in [3.63, 3.8) is 0 Å². The van der Waals surface area contributed by atoms with Crippen molar-refractivity contribution in [2.75, 3.05) is 14.2 Å². The summed E-state index contributed by atoms with van der Waals surface area (Å²) < 4.78 is 10.3. The predicted octanol–water partition coefficient (Wildman–Crippen LogP) is 2.90. The van der Waals surface area contributed by atoms with Gasteiger partial charge in [-0.05, 0) is 38.5 Å². The van der Waals surface area contributed by atoms with E-state index >= 15 is 0 Å². The van der Waals surface area contributed by atoms with Gasteiger partial charge in [-0.3, -0.25) is 4.79 Å². The molecule has 0 fully saturated rings. The summed E-state index contributed by atoms with van der Waals surface area (Å²) in [5, 5.41) is 2.08. The topological polar surface area (TPSA) is 47.6 Å². The molecule has 106 valence electrons. The second-order valence-corrected chi connectivity index (χ2v) is 5.65. The van der Waals surface area contributed by atoms with Crippen LogP contribution in [0.15, 0.2) is 18.2 Å². The van der Waals surface area contributed by atoms with Gasteiger partial charge in [-0.15, -0.1) is 11.6 Å². The van der Waals surface area contributed by atoms with Gasteiger partial charge in [0.15, 0.2) is 11.5 Å². The van der Waals surface area contributed by atoms with Crippen molar-refractivity contribution < 1.29 is 14.3 Å². The third-order valence-corrected chi connectivity index (χ3v) is 2.88. The number of amides is 1. The Bertz CT molecular complexity index is 454. The van der Waals surface area contributed by atoms with Crippen molar-refractivity contribution in [3.8, 4) is 11.5 Å². The molecule has 1 aromatic rings. The van der Waals surface area contributed by atoms with Gasteiger partial charge in [0.1, 0.15) is 5.38 Å². The van der Waals surface area contributed by atoms with Gasteiger partial charge in [0, 0.05) is 5.54 Å². The summed E-state index contributed by atoms with van der Waals surface area (Å²) in [5.74, 6) is 0.918. The molecule has 0 aliphatic heterocycles. The van der Waals surface area contributed by atoms with Crippen LogP contribution in [0.1, 0.15) is 31.7 Å². The number of alkyl halides is 1. The van der Waals surface area contributed by atoms with E-state index in [-0.39, 0.29) is 11.4 Å². The van der Waals surface area contributed by atoms with Crippen LogP contribution in [0.5, 0.6) is 11.5 Å². The Balaban J connectivity index is 2.94. The molecule has 0 heterocycles. The smallest absolute Gasteiger partial charge is 0.243 e. The molecule has 0 aromatic heterocycles. The van der Waals surface area contributed by atoms with Crippen molar-refractivity contribution in [1.29, 1.82) is 0 Å². The van der Waals surface area contributed by atoms with Crippen molar-refractivity contribution >= 4 is 17.5 Å². The summed E-state index contributed by atoms with van der Waals surface area (Å²) in [6, 6.07) is 5.19. The highest BCUT2D eigenvalue weighted by molar-refractivity contribution is 6.30. The molecule has 5 heteroatoms. The average Bonchev–Trinajstić information content (AvgIpc) is 2.34. The molecule has 0 radical (unpaired) electrons. The fourth-order valence-electron chi connectivity index (χ4n) is 1.59. The minimum absolute atomic E-state index is 0.235. The van der Waals surface area contributed by atoms with E-state index in [1.165, 1.54) is 0 Å². The maximum absolute atomic E-state index is 12.0. The van der Waals surface area contributed by atoms with E-state index in [1.807, 2.05) is 20.8 Å². The van der Waals surface area contributed by atoms with Crippen LogP contribution in [0.3, 0.4) is 0 Å². The lowest BCUT2D eigenvalue weighted by Gasteiger charge is -2.22. The normalized spacial score (nSPS) is 12.7. The molecule has 1 unspecified atom stereocenters. The minimum Gasteiger partial charge on any atom is -0.493 e. The lowest BCUT2D eigenvalue weighted by atomic mass is 10.1. The van der Waals surface area contributed by atoms with E-state index in [2.05, 4.69) is 5.32 Å². The summed E-state index contributed by atoms with van der Waals surface area (Å²) in [4.78, 5) is 12.0. The first kappa shape index (κ1) is 15.6. The summed E-state index contributed by atoms with van der Waals surface area (Å²) in [6.45, 7) is 5.72. The fraction of sp³-hybridized carbons (Fsp3) is 0.500. The number of rotatable bonds is 4. The lowest BCUT2D eigenvalue weighted by Crippen LogP contribution is -2.42. The van der Waals surface area contributed by atoms with Crippen molar-refractivity contribution in [2.45, 2.75) is 31.7 Å². The van der Waals surface area contributed by atoms with E-state index < -0.39 is 5.38 Å². The lowest BCUT2D eigenvalue weighted by molar-refractivity contribution is -0.122. The highest BCUT2D eigenvalue weighted by Crippen LogP contribution is 2.32. The molecule has 1 atom stereocenters. The van der Waals surface area contributed by atoms with Gasteiger partial charge in [0.05, 0.1) is 14.2 Å². The molecule has 4 nitrogen and oxygen atoms in total. The van der Waals surface area contributed by atoms with Crippen molar-refractivity contribution in [2.24, 2.45) is 0 Å². The zero-order valence-electron chi connectivity index (χ0n) is 11.9. The van der Waals surface area contributed by atoms with Crippen LogP contribution in [0.4, 0.5) is 0 Å². The van der Waals surface area contributed by atoms with Gasteiger partial charge in [0.25, 0.3) is 0 Å². The molecule has 0 aliphatic rings. The van der Waals surface area contributed by atoms with Gasteiger partial charge < -0.3 is 14.8 Å². The second-order valence-electron chi connectivity index (χ2n) is 5.22. The van der Waals surface area contributed by atoms with Crippen molar-refractivity contribution in [3.05, 3.63) is 23.8 Å². The number of ether oxygens (including phenoxy) is 2. The molecular weight excluding hydrogens is 266 g/mol. The van der Waals surface area contributed by atoms with Gasteiger partial charge >= 0.3 is 0 Å². The molecule has 0 saturated heterocycles. The van der Waals surface area contributed by atoms with Gasteiger partial charge in [-0.2, -0.15) is 0 Å². The van der Waals surface area contributed by atoms with Crippen LogP contribution < -0.4 is 14.8 Å². The zero-order chi connectivity index (χ0) is 14.6. The molecule has 0 spiro atoms. The zero-order valence-corrected chi connectivity index (χ0v) is 12.7. The molecular formula is C14H20ClNO3. The van der Waals surface area contributed by atoms with E-state index in [0.717, 1.165) is 0 Å². The summed E-state index contributed by atoms with van der Waals surface area (Å²) in [7, 11) is 3.10. The summed E-state index contributed by atoms with van der Waals surface area (Å²) in [5.41, 5.74) is 0.349. The summed E-state index contributed by atoms with van der Waals surface area (Å²) in [6.07, 6.45) is 0. The molecule has 0 saturated carbocycles. The van der Waals surface area contributed by atoms with Crippen molar-refractivity contribution in [1.82, 2.24) is 5.32 Å². The second kappa shape index (κ2) is 6.15. The van der Waals surface area contributed by atoms with E-state index in [9.17, 15) is 4.79 Å². The monoisotopic (exact) mass is 285 g/mol. The highest BCUT2D eigenvalue weighted by Gasteiger charge is 2.23. The number of carbonyl (C=O) groups excluding carboxylic acids is 1. The molecule has 1 N–H and O–H groups in total. The third kappa shape index (κ3) is 4.31. The largest absolute Gasteiger partial charge is 0.493 e. The predicted molar refractivity (Wildman–Crippen MR) is 76.0 cm³/mol. The molecule has 19 heavy (non-hydrogen) atoms. The number of halogens is 1. The molecule has 0 aliphatic carbocycles. The number of benzene rings is 1. The Labute approximate surface area is 119 Å². The highest BCUT2D eigenvalue weighted by atomic mass is 35.5. The van der Waals surface area contributed by atoms with Gasteiger partial charge in [-0.25, -0.2) is 0 Å². The molecule has 1 aromatic carbocycles. The van der Waals surface area contributed by atoms with Crippen LogP contribution in [0.25, 0.3) is 0 Å². The standard InChI is InChI=1S/C14H20ClNO3/c1-14(2,3)16-13(17)12(15)9-6-7-10(18-4)11(8-9)19-5/h6-8,12H,1-5H3,(H,16,17). The molecule has 1 amide bonds. The van der Waals surface area contributed by atoms with E-state index in [1.54, 1.807) is 32.4 Å². The Morgan fingerprint density at radius 3 is 2.26 bits per heavy atom. The average molecular weight is 286 g/mol. The SMILES string of the molecule is COc1ccc(C(Cl)C(=O)NC(C)(C)C)cc1OC. The Hall–Kier alpha value is -1.42. The maximum atomic E-state index is 12.0. The van der Waals surface area contributed by atoms with Crippen LogP contribution in [-0.4, -0.2) is 25.7 Å². The number of methoxy groups -OCH3 is 2. The van der Waals surface area contributed by atoms with Crippen LogP contribution in [-0.2, 0) is 4.79 Å². The quantitative estimate of drug-likeness (QED) is 0.866. The van der Waals surface area contributed by atoms with E-state index in [0.29, 0.717) is 17.1 Å². The number of hydrogen-bond acceptors (Lipinski definition) is 3. The first-order valence-corrected chi connectivity index (χ1v) is 6.40. The molecule has 1 rings (SSSR count). The number of hydrogen-bond donors (Lipinski definition) is 1. The first-order valence-electron chi connectivity index (χ1n) is 5.96. The third-order valence-electron chi connectivity index (χ3n) is 2.43. The number of carbonyl (C=O) groups is 1. The first-order chi connectivity index (χ1) is 8.78. The minimum atomic E-state index is -0.765. The van der Waals surface area contributed by atoms with Crippen LogP contribution in [0.2, 0.25) is 0 Å². The Morgan fingerprint density at radius 2 is 1.79 bits per heavy atom. The van der Waals surface area contributed by atoms with Gasteiger partial charge in [-0.1, -0.05) is 6.07 Å². The van der Waals surface area contributed by atoms with E-state index in [4.69, 9.17) is 21.1 Å². The summed E-state index contributed by atoms with van der Waals surface area (Å²) >= 11 is 6.18. The number of nitrogens with one attached hydrogen (secondary N) is 1. The Morgan fingerprint density at radius 1 is 1.21 bits per heavy atom.